The molecule has 1 aliphatic rings. The highest BCUT2D eigenvalue weighted by Gasteiger charge is 2.36. The van der Waals surface area contributed by atoms with Crippen LogP contribution in [0, 0.1) is 5.41 Å². The van der Waals surface area contributed by atoms with Gasteiger partial charge in [-0.1, -0.05) is 30.7 Å². The summed E-state index contributed by atoms with van der Waals surface area (Å²) in [7, 11) is 0. The van der Waals surface area contributed by atoms with Crippen LogP contribution in [0.1, 0.15) is 39.7 Å². The molecule has 0 bridgehead atoms. The number of rotatable bonds is 4. The van der Waals surface area contributed by atoms with Crippen LogP contribution in [0.5, 0.6) is 0 Å². The summed E-state index contributed by atoms with van der Waals surface area (Å²) in [5.41, 5.74) is 0.685. The van der Waals surface area contributed by atoms with E-state index in [-0.39, 0.29) is 23.4 Å². The van der Waals surface area contributed by atoms with Gasteiger partial charge in [0.2, 0.25) is 0 Å². The van der Waals surface area contributed by atoms with Gasteiger partial charge in [-0.2, -0.15) is 5.06 Å². The normalized spacial score (nSPS) is 14.7. The Morgan fingerprint density at radius 1 is 1.12 bits per heavy atom. The Bertz CT molecular complexity index is 1120. The lowest BCUT2D eigenvalue weighted by Gasteiger charge is -2.18. The van der Waals surface area contributed by atoms with E-state index in [0.29, 0.717) is 27.0 Å². The number of halogens is 1. The van der Waals surface area contributed by atoms with Crippen molar-refractivity contribution < 1.29 is 24.3 Å². The van der Waals surface area contributed by atoms with Crippen molar-refractivity contribution in [1.29, 1.82) is 0 Å². The fourth-order valence-electron chi connectivity index (χ4n) is 3.01. The van der Waals surface area contributed by atoms with E-state index in [1.54, 1.807) is 64.1 Å². The number of hydrogen-bond donors (Lipinski definition) is 3. The summed E-state index contributed by atoms with van der Waals surface area (Å²) in [6.45, 7) is 6.88. The minimum Gasteiger partial charge on any atom is -0.430 e. The second kappa shape index (κ2) is 9.02. The third-order valence-electron chi connectivity index (χ3n) is 4.71. The Kier molecular flexibility index (Phi) is 6.57. The number of carbonyl (C=O) groups is 3. The monoisotopic (exact) mass is 457 g/mol. The molecule has 3 amide bonds. The van der Waals surface area contributed by atoms with Crippen LogP contribution in [0.25, 0.3) is 5.57 Å². The first-order valence-electron chi connectivity index (χ1n) is 9.98. The SMILES string of the molecule is CC/C(OC(=O)C(C)(C)C)=C1/C(=O)N(O)c2cc(NC(=O)Nc3ccccc3Cl)ccc21. The molecule has 0 fully saturated rings. The average molecular weight is 458 g/mol. The van der Waals surface area contributed by atoms with Gasteiger partial charge in [0.15, 0.2) is 0 Å². The largest absolute Gasteiger partial charge is 0.430 e. The fraction of sp³-hybridized carbons (Fsp3) is 0.261. The van der Waals surface area contributed by atoms with Crippen LogP contribution in [-0.4, -0.2) is 23.1 Å². The number of allylic oxidation sites excluding steroid dienone is 1. The van der Waals surface area contributed by atoms with Crippen LogP contribution in [0.2, 0.25) is 5.02 Å². The number of nitrogens with zero attached hydrogens (tertiary/aromatic N) is 1. The molecule has 0 spiro atoms. The molecular formula is C23H24ClN3O5. The molecule has 0 aromatic heterocycles. The molecule has 32 heavy (non-hydrogen) atoms. The maximum atomic E-state index is 12.7. The molecule has 8 nitrogen and oxygen atoms in total. The quantitative estimate of drug-likeness (QED) is 0.245. The van der Waals surface area contributed by atoms with Crippen LogP contribution >= 0.6 is 11.6 Å². The third-order valence-corrected chi connectivity index (χ3v) is 5.04. The van der Waals surface area contributed by atoms with Gasteiger partial charge in [0.1, 0.15) is 5.76 Å². The lowest BCUT2D eigenvalue weighted by Crippen LogP contribution is -2.25. The molecule has 168 valence electrons. The van der Waals surface area contributed by atoms with Gasteiger partial charge in [0, 0.05) is 17.7 Å². The number of ether oxygens (including phenoxy) is 1. The minimum atomic E-state index is -0.757. The Morgan fingerprint density at radius 3 is 2.44 bits per heavy atom. The van der Waals surface area contributed by atoms with Gasteiger partial charge in [-0.25, -0.2) is 4.79 Å². The Labute approximate surface area is 190 Å². The minimum absolute atomic E-state index is 0.106. The van der Waals surface area contributed by atoms with E-state index >= 15 is 0 Å². The molecule has 1 heterocycles. The van der Waals surface area contributed by atoms with Crippen molar-refractivity contribution in [2.75, 3.05) is 15.7 Å². The topological polar surface area (TPSA) is 108 Å². The zero-order valence-electron chi connectivity index (χ0n) is 18.2. The van der Waals surface area contributed by atoms with Crippen LogP contribution in [0.4, 0.5) is 21.9 Å². The van der Waals surface area contributed by atoms with Gasteiger partial charge in [-0.05, 0) is 51.1 Å². The van der Waals surface area contributed by atoms with Gasteiger partial charge in [0.25, 0.3) is 5.91 Å². The first kappa shape index (κ1) is 23.3. The van der Waals surface area contributed by atoms with E-state index in [9.17, 15) is 19.6 Å². The van der Waals surface area contributed by atoms with Crippen molar-refractivity contribution in [3.63, 3.8) is 0 Å². The van der Waals surface area contributed by atoms with Gasteiger partial charge in [0.05, 0.1) is 27.4 Å². The van der Waals surface area contributed by atoms with Crippen molar-refractivity contribution in [1.82, 2.24) is 0 Å². The molecule has 1 aliphatic heterocycles. The van der Waals surface area contributed by atoms with E-state index < -0.39 is 23.3 Å². The predicted molar refractivity (Wildman–Crippen MR) is 123 cm³/mol. The maximum Gasteiger partial charge on any atom is 0.323 e. The number of para-hydroxylation sites is 1. The lowest BCUT2D eigenvalue weighted by atomic mass is 9.97. The van der Waals surface area contributed by atoms with Crippen molar-refractivity contribution in [2.24, 2.45) is 5.41 Å². The summed E-state index contributed by atoms with van der Waals surface area (Å²) in [5.74, 6) is -1.02. The molecule has 3 N–H and O–H groups in total. The number of urea groups is 1. The first-order valence-corrected chi connectivity index (χ1v) is 10.4. The van der Waals surface area contributed by atoms with Gasteiger partial charge < -0.3 is 15.4 Å². The van der Waals surface area contributed by atoms with Crippen LogP contribution in [-0.2, 0) is 14.3 Å². The number of amides is 3. The van der Waals surface area contributed by atoms with E-state index in [4.69, 9.17) is 16.3 Å². The standard InChI is InChI=1S/C23H24ClN3O5/c1-5-18(32-21(29)23(2,3)4)19-14-11-10-13(12-17(14)27(31)20(19)28)25-22(30)26-16-9-7-6-8-15(16)24/h6-12,31H,5H2,1-4H3,(H2,25,26,30)/b19-18-. The molecule has 0 saturated carbocycles. The zero-order valence-corrected chi connectivity index (χ0v) is 18.9. The van der Waals surface area contributed by atoms with Gasteiger partial charge >= 0.3 is 12.0 Å². The number of esters is 1. The molecule has 3 rings (SSSR count). The summed E-state index contributed by atoms with van der Waals surface area (Å²) in [5, 5.41) is 16.5. The molecule has 2 aromatic carbocycles. The lowest BCUT2D eigenvalue weighted by molar-refractivity contribution is -0.148. The Morgan fingerprint density at radius 2 is 1.81 bits per heavy atom. The second-order valence-electron chi connectivity index (χ2n) is 8.20. The molecular weight excluding hydrogens is 434 g/mol. The first-order chi connectivity index (χ1) is 15.0. The third kappa shape index (κ3) is 4.76. The summed E-state index contributed by atoms with van der Waals surface area (Å²) < 4.78 is 5.49. The number of nitrogens with one attached hydrogen (secondary N) is 2. The smallest absolute Gasteiger partial charge is 0.323 e. The summed E-state index contributed by atoms with van der Waals surface area (Å²) >= 11 is 6.05. The van der Waals surface area contributed by atoms with Crippen molar-refractivity contribution in [2.45, 2.75) is 34.1 Å². The second-order valence-corrected chi connectivity index (χ2v) is 8.61. The molecule has 0 saturated heterocycles. The highest BCUT2D eigenvalue weighted by atomic mass is 35.5. The van der Waals surface area contributed by atoms with Gasteiger partial charge in [-0.3, -0.25) is 14.8 Å². The van der Waals surface area contributed by atoms with Gasteiger partial charge in [-0.15, -0.1) is 0 Å². The Hall–Kier alpha value is -3.36. The maximum absolute atomic E-state index is 12.7. The van der Waals surface area contributed by atoms with Crippen LogP contribution < -0.4 is 15.7 Å². The summed E-state index contributed by atoms with van der Waals surface area (Å²) in [6, 6.07) is 10.8. The molecule has 2 aromatic rings. The predicted octanol–water partition coefficient (Wildman–Crippen LogP) is 5.43. The molecule has 0 radical (unpaired) electrons. The number of benzene rings is 2. The van der Waals surface area contributed by atoms with E-state index in [1.165, 1.54) is 6.07 Å². The summed E-state index contributed by atoms with van der Waals surface area (Å²) in [4.78, 5) is 37.4. The Balaban J connectivity index is 1.87. The zero-order chi connectivity index (χ0) is 23.6. The summed E-state index contributed by atoms with van der Waals surface area (Å²) in [6.07, 6.45) is 0.274. The van der Waals surface area contributed by atoms with Crippen molar-refractivity contribution in [3.05, 3.63) is 58.8 Å². The number of carbonyl (C=O) groups excluding carboxylic acids is 3. The molecule has 0 aliphatic carbocycles. The number of hydrogen-bond acceptors (Lipinski definition) is 5. The number of anilines is 3. The number of hydroxylamine groups is 1. The van der Waals surface area contributed by atoms with Crippen LogP contribution in [0.3, 0.4) is 0 Å². The highest BCUT2D eigenvalue weighted by molar-refractivity contribution is 6.34. The number of fused-ring (bicyclic) bond motifs is 1. The van der Waals surface area contributed by atoms with E-state index in [1.807, 2.05) is 0 Å². The highest BCUT2D eigenvalue weighted by Crippen LogP contribution is 2.40. The van der Waals surface area contributed by atoms with E-state index in [0.717, 1.165) is 0 Å². The molecule has 9 heteroatoms. The van der Waals surface area contributed by atoms with E-state index in [2.05, 4.69) is 10.6 Å². The van der Waals surface area contributed by atoms with Crippen LogP contribution in [0.15, 0.2) is 48.2 Å². The fourth-order valence-corrected chi connectivity index (χ4v) is 3.19. The van der Waals surface area contributed by atoms with Crippen molar-refractivity contribution >= 4 is 52.1 Å². The molecule has 0 atom stereocenters. The average Bonchev–Trinajstić information content (AvgIpc) is 2.97. The molecule has 0 unspecified atom stereocenters. The van der Waals surface area contributed by atoms with Crippen molar-refractivity contribution in [3.8, 4) is 0 Å².